The van der Waals surface area contributed by atoms with Gasteiger partial charge in [0, 0.05) is 4.88 Å². The van der Waals surface area contributed by atoms with E-state index < -0.39 is 5.54 Å². The predicted octanol–water partition coefficient (Wildman–Crippen LogP) is 3.04. The maximum atomic E-state index is 12.2. The van der Waals surface area contributed by atoms with E-state index in [1.807, 2.05) is 6.92 Å². The molecule has 1 aromatic rings. The van der Waals surface area contributed by atoms with Gasteiger partial charge in [0.05, 0.1) is 11.2 Å². The minimum atomic E-state index is -0.690. The molecule has 4 nitrogen and oxygen atoms in total. The number of nitrogens with one attached hydrogen (secondary N) is 1. The van der Waals surface area contributed by atoms with Crippen LogP contribution in [0.5, 0.6) is 0 Å². The summed E-state index contributed by atoms with van der Waals surface area (Å²) in [6, 6.07) is 0. The average Bonchev–Trinajstić information content (AvgIpc) is 2.70. The molecule has 1 amide bonds. The molecule has 108 valence electrons. The Morgan fingerprint density at radius 1 is 1.42 bits per heavy atom. The van der Waals surface area contributed by atoms with Crippen LogP contribution in [0.3, 0.4) is 0 Å². The van der Waals surface area contributed by atoms with Gasteiger partial charge >= 0.3 is 0 Å². The van der Waals surface area contributed by atoms with Crippen molar-refractivity contribution in [1.29, 1.82) is 0 Å². The van der Waals surface area contributed by atoms with Gasteiger partial charge in [-0.25, -0.2) is 4.98 Å². The van der Waals surface area contributed by atoms with Gasteiger partial charge in [0.1, 0.15) is 0 Å². The second kappa shape index (κ2) is 6.68. The van der Waals surface area contributed by atoms with Crippen molar-refractivity contribution in [2.24, 2.45) is 5.73 Å². The molecule has 0 atom stereocenters. The topological polar surface area (TPSA) is 68.0 Å². The molecule has 0 unspecified atom stereocenters. The van der Waals surface area contributed by atoms with E-state index in [9.17, 15) is 4.79 Å². The number of carbonyl (C=O) groups is 1. The Morgan fingerprint density at radius 2 is 2.05 bits per heavy atom. The molecule has 0 radical (unpaired) electrons. The van der Waals surface area contributed by atoms with E-state index in [0.29, 0.717) is 5.13 Å². The first-order valence-electron chi connectivity index (χ1n) is 6.62. The average molecular weight is 304 g/mol. The molecule has 1 aliphatic carbocycles. The lowest BCUT2D eigenvalue weighted by molar-refractivity contribution is -0.122. The van der Waals surface area contributed by atoms with Crippen molar-refractivity contribution in [1.82, 2.24) is 4.98 Å². The maximum Gasteiger partial charge on any atom is 0.246 e. The van der Waals surface area contributed by atoms with Crippen LogP contribution in [0, 0.1) is 6.92 Å². The highest BCUT2D eigenvalue weighted by Gasteiger charge is 2.35. The number of nitrogens with two attached hydrogens (primary N) is 1. The summed E-state index contributed by atoms with van der Waals surface area (Å²) < 4.78 is 0. The summed E-state index contributed by atoms with van der Waals surface area (Å²) in [5.74, 6) is -0.0707. The molecule has 19 heavy (non-hydrogen) atoms. The van der Waals surface area contributed by atoms with Crippen LogP contribution < -0.4 is 11.1 Å². The highest BCUT2D eigenvalue weighted by atomic mass is 35.5. The number of hydrogen-bond donors (Lipinski definition) is 2. The van der Waals surface area contributed by atoms with Gasteiger partial charge < -0.3 is 11.1 Å². The minimum absolute atomic E-state index is 0. The molecule has 2 rings (SSSR count). The molecule has 0 aromatic carbocycles. The summed E-state index contributed by atoms with van der Waals surface area (Å²) in [6.45, 7) is 4.10. The standard InChI is InChI=1S/C13H21N3OS.ClH/c1-3-10-9(2)18-12(15-10)16-11(17)13(14)7-5-4-6-8-13;/h3-8,14H2,1-2H3,(H,15,16,17);1H. The lowest BCUT2D eigenvalue weighted by atomic mass is 9.82. The van der Waals surface area contributed by atoms with Crippen molar-refractivity contribution >= 4 is 34.8 Å². The first-order chi connectivity index (χ1) is 8.55. The SMILES string of the molecule is CCc1nc(NC(=O)C2(N)CCCCC2)sc1C.Cl. The quantitative estimate of drug-likeness (QED) is 0.902. The van der Waals surface area contributed by atoms with Crippen LogP contribution in [-0.2, 0) is 11.2 Å². The van der Waals surface area contributed by atoms with E-state index in [0.717, 1.165) is 37.8 Å². The normalized spacial score (nSPS) is 17.6. The summed E-state index contributed by atoms with van der Waals surface area (Å²) in [6.07, 6.45) is 5.73. The minimum Gasteiger partial charge on any atom is -0.317 e. The van der Waals surface area contributed by atoms with Crippen LogP contribution >= 0.6 is 23.7 Å². The van der Waals surface area contributed by atoms with E-state index in [-0.39, 0.29) is 18.3 Å². The number of aromatic nitrogens is 1. The number of amides is 1. The van der Waals surface area contributed by atoms with Crippen LogP contribution in [0.25, 0.3) is 0 Å². The van der Waals surface area contributed by atoms with Crippen LogP contribution in [0.2, 0.25) is 0 Å². The van der Waals surface area contributed by atoms with E-state index >= 15 is 0 Å². The molecule has 0 spiro atoms. The molecule has 1 saturated carbocycles. The molecule has 0 aliphatic heterocycles. The van der Waals surface area contributed by atoms with Gasteiger partial charge in [-0.05, 0) is 26.2 Å². The smallest absolute Gasteiger partial charge is 0.246 e. The third-order valence-electron chi connectivity index (χ3n) is 3.65. The predicted molar refractivity (Wildman–Crippen MR) is 82.1 cm³/mol. The van der Waals surface area contributed by atoms with Gasteiger partial charge in [-0.1, -0.05) is 26.2 Å². The Labute approximate surface area is 124 Å². The van der Waals surface area contributed by atoms with Crippen molar-refractivity contribution in [3.8, 4) is 0 Å². The molecule has 1 aliphatic rings. The molecular weight excluding hydrogens is 282 g/mol. The second-order valence-corrected chi connectivity index (χ2v) is 6.25. The summed E-state index contributed by atoms with van der Waals surface area (Å²) >= 11 is 1.53. The Hall–Kier alpha value is -0.650. The Balaban J connectivity index is 0.00000180. The highest BCUT2D eigenvalue weighted by molar-refractivity contribution is 7.15. The third-order valence-corrected chi connectivity index (χ3v) is 4.57. The zero-order chi connectivity index (χ0) is 13.2. The number of aryl methyl sites for hydroxylation is 2. The molecule has 0 saturated heterocycles. The fraction of sp³-hybridized carbons (Fsp3) is 0.692. The molecule has 0 bridgehead atoms. The fourth-order valence-electron chi connectivity index (χ4n) is 2.44. The van der Waals surface area contributed by atoms with Crippen molar-refractivity contribution < 1.29 is 4.79 Å². The Kier molecular flexibility index (Phi) is 5.77. The molecule has 1 fully saturated rings. The van der Waals surface area contributed by atoms with Gasteiger partial charge in [-0.15, -0.1) is 23.7 Å². The molecule has 6 heteroatoms. The number of rotatable bonds is 3. The van der Waals surface area contributed by atoms with E-state index in [1.165, 1.54) is 22.6 Å². The molecule has 3 N–H and O–H groups in total. The van der Waals surface area contributed by atoms with Gasteiger partial charge in [0.2, 0.25) is 5.91 Å². The number of carbonyl (C=O) groups excluding carboxylic acids is 1. The van der Waals surface area contributed by atoms with Crippen molar-refractivity contribution in [3.63, 3.8) is 0 Å². The Bertz CT molecular complexity index is 441. The van der Waals surface area contributed by atoms with Gasteiger partial charge in [0.25, 0.3) is 0 Å². The highest BCUT2D eigenvalue weighted by Crippen LogP contribution is 2.28. The van der Waals surface area contributed by atoms with Crippen LogP contribution in [-0.4, -0.2) is 16.4 Å². The lowest BCUT2D eigenvalue weighted by Crippen LogP contribution is -2.52. The van der Waals surface area contributed by atoms with Crippen LogP contribution in [0.15, 0.2) is 0 Å². The maximum absolute atomic E-state index is 12.2. The number of nitrogens with zero attached hydrogens (tertiary/aromatic N) is 1. The number of halogens is 1. The molecular formula is C13H22ClN3OS. The number of hydrogen-bond acceptors (Lipinski definition) is 4. The van der Waals surface area contributed by atoms with E-state index in [4.69, 9.17) is 5.73 Å². The van der Waals surface area contributed by atoms with Crippen molar-refractivity contribution in [2.45, 2.75) is 57.9 Å². The largest absolute Gasteiger partial charge is 0.317 e. The third kappa shape index (κ3) is 3.68. The van der Waals surface area contributed by atoms with Gasteiger partial charge in [-0.3, -0.25) is 4.79 Å². The number of anilines is 1. The lowest BCUT2D eigenvalue weighted by Gasteiger charge is -2.31. The Morgan fingerprint density at radius 3 is 2.58 bits per heavy atom. The first kappa shape index (κ1) is 16.4. The molecule has 1 aromatic heterocycles. The zero-order valence-electron chi connectivity index (χ0n) is 11.5. The molecule has 1 heterocycles. The first-order valence-corrected chi connectivity index (χ1v) is 7.43. The summed E-state index contributed by atoms with van der Waals surface area (Å²) in [5, 5.41) is 3.58. The van der Waals surface area contributed by atoms with Gasteiger partial charge in [0.15, 0.2) is 5.13 Å². The van der Waals surface area contributed by atoms with Gasteiger partial charge in [-0.2, -0.15) is 0 Å². The van der Waals surface area contributed by atoms with E-state index in [2.05, 4.69) is 17.2 Å². The van der Waals surface area contributed by atoms with E-state index in [1.54, 1.807) is 0 Å². The second-order valence-electron chi connectivity index (χ2n) is 5.05. The summed E-state index contributed by atoms with van der Waals surface area (Å²) in [4.78, 5) is 17.8. The zero-order valence-corrected chi connectivity index (χ0v) is 13.1. The monoisotopic (exact) mass is 303 g/mol. The summed E-state index contributed by atoms with van der Waals surface area (Å²) in [7, 11) is 0. The number of thiazole rings is 1. The fourth-order valence-corrected chi connectivity index (χ4v) is 3.34. The summed E-state index contributed by atoms with van der Waals surface area (Å²) in [5.41, 5.74) is 6.56. The van der Waals surface area contributed by atoms with Crippen LogP contribution in [0.1, 0.15) is 49.6 Å². The van der Waals surface area contributed by atoms with Crippen LogP contribution in [0.4, 0.5) is 5.13 Å². The van der Waals surface area contributed by atoms with Crippen molar-refractivity contribution in [2.75, 3.05) is 5.32 Å². The van der Waals surface area contributed by atoms with Crippen molar-refractivity contribution in [3.05, 3.63) is 10.6 Å².